The molecule has 37 heavy (non-hydrogen) atoms. The third-order valence-electron chi connectivity index (χ3n) is 8.51. The minimum atomic E-state index is -0.847. The average molecular weight is 516 g/mol. The number of unbranched alkanes of at least 4 members (excludes halogenated alkanes) is 2. The summed E-state index contributed by atoms with van der Waals surface area (Å²) in [6, 6.07) is 7.48. The van der Waals surface area contributed by atoms with E-state index >= 15 is 0 Å². The van der Waals surface area contributed by atoms with E-state index in [0.717, 1.165) is 76.4 Å². The van der Waals surface area contributed by atoms with Crippen LogP contribution in [0.25, 0.3) is 0 Å². The van der Waals surface area contributed by atoms with Gasteiger partial charge in [0, 0.05) is 31.4 Å². The van der Waals surface area contributed by atoms with Crippen LogP contribution in [0.1, 0.15) is 90.4 Å². The van der Waals surface area contributed by atoms with Crippen LogP contribution in [0.15, 0.2) is 24.3 Å². The maximum Gasteiger partial charge on any atom is 0.256 e. The van der Waals surface area contributed by atoms with Crippen LogP contribution in [0.4, 0.5) is 5.69 Å². The molecule has 0 radical (unpaired) electrons. The molecule has 2 aliphatic carbocycles. The van der Waals surface area contributed by atoms with Crippen molar-refractivity contribution in [2.75, 3.05) is 11.9 Å². The van der Waals surface area contributed by atoms with Crippen molar-refractivity contribution in [3.05, 3.63) is 24.3 Å². The van der Waals surface area contributed by atoms with E-state index in [9.17, 15) is 4.79 Å². The van der Waals surface area contributed by atoms with Gasteiger partial charge >= 0.3 is 0 Å². The zero-order valence-corrected chi connectivity index (χ0v) is 22.0. The summed E-state index contributed by atoms with van der Waals surface area (Å²) in [7, 11) is 0. The largest absolute Gasteiger partial charge is 0.494 e. The lowest BCUT2D eigenvalue weighted by molar-refractivity contribution is -0.246. The number of carbonyl (C=O) groups is 1. The summed E-state index contributed by atoms with van der Waals surface area (Å²) in [6.45, 7) is 2.87. The first-order valence-corrected chi connectivity index (χ1v) is 14.5. The van der Waals surface area contributed by atoms with Gasteiger partial charge in [-0.2, -0.15) is 0 Å². The molecule has 2 saturated carbocycles. The second kappa shape index (κ2) is 10.8. The molecule has 8 heteroatoms. The molecule has 1 aromatic carbocycles. The first-order valence-electron chi connectivity index (χ1n) is 14.5. The van der Waals surface area contributed by atoms with Crippen molar-refractivity contribution in [2.45, 2.75) is 133 Å². The highest BCUT2D eigenvalue weighted by Crippen LogP contribution is 2.51. The smallest absolute Gasteiger partial charge is 0.256 e. The zero-order chi connectivity index (χ0) is 25.3. The maximum atomic E-state index is 13.6. The Morgan fingerprint density at radius 3 is 2.14 bits per heavy atom. The van der Waals surface area contributed by atoms with Crippen LogP contribution in [0, 0.1) is 0 Å². The van der Waals surface area contributed by atoms with Crippen LogP contribution in [-0.4, -0.2) is 54.8 Å². The lowest BCUT2D eigenvalue weighted by atomic mass is 9.94. The summed E-state index contributed by atoms with van der Waals surface area (Å²) in [5.41, 5.74) is 0.687. The van der Waals surface area contributed by atoms with Crippen molar-refractivity contribution in [3.63, 3.8) is 0 Å². The Balaban J connectivity index is 1.16. The van der Waals surface area contributed by atoms with E-state index in [0.29, 0.717) is 12.3 Å². The Bertz CT molecular complexity index is 925. The van der Waals surface area contributed by atoms with E-state index in [1.807, 2.05) is 24.3 Å². The molecule has 1 amide bonds. The van der Waals surface area contributed by atoms with E-state index in [-0.39, 0.29) is 5.91 Å². The van der Waals surface area contributed by atoms with Crippen molar-refractivity contribution in [2.24, 2.45) is 0 Å². The molecule has 3 aliphatic heterocycles. The van der Waals surface area contributed by atoms with Gasteiger partial charge in [-0.05, 0) is 56.4 Å². The second-order valence-electron chi connectivity index (χ2n) is 11.3. The fourth-order valence-electron chi connectivity index (χ4n) is 6.56. The number of rotatable bonds is 7. The Hall–Kier alpha value is -1.71. The molecule has 1 aromatic rings. The van der Waals surface area contributed by atoms with Crippen LogP contribution >= 0.6 is 0 Å². The molecule has 6 rings (SSSR count). The molecule has 3 heterocycles. The molecule has 5 aliphatic rings. The first-order chi connectivity index (χ1) is 18.1. The lowest BCUT2D eigenvalue weighted by Crippen LogP contribution is -2.58. The monoisotopic (exact) mass is 515 g/mol. The van der Waals surface area contributed by atoms with Gasteiger partial charge in [0.25, 0.3) is 5.91 Å². The fraction of sp³-hybridized carbons (Fsp3) is 0.759. The fourth-order valence-corrected chi connectivity index (χ4v) is 6.56. The number of fused-ring (bicyclic) bond motifs is 3. The van der Waals surface area contributed by atoms with Crippen molar-refractivity contribution >= 4 is 11.6 Å². The predicted molar refractivity (Wildman–Crippen MR) is 136 cm³/mol. The van der Waals surface area contributed by atoms with E-state index in [1.54, 1.807) is 0 Å². The standard InChI is InChI=1S/C29H41NO7/c1-2-3-10-19-32-21-13-11-20(12-14-21)30-26(31)24-22-23(35-28(34-22)15-6-4-7-16-28)25-27(33-24)37-29(36-25)17-8-5-9-18-29/h11-14,22-25,27H,2-10,15-19H2,1H3,(H,30,31)/t22-,23+,24+,25-,27-/m0/s1. The third kappa shape index (κ3) is 5.28. The average Bonchev–Trinajstić information content (AvgIpc) is 3.45. The Morgan fingerprint density at radius 1 is 0.838 bits per heavy atom. The van der Waals surface area contributed by atoms with Crippen LogP contribution in [0.3, 0.4) is 0 Å². The molecule has 0 aromatic heterocycles. The number of amides is 1. The lowest BCUT2D eigenvalue weighted by Gasteiger charge is -2.36. The van der Waals surface area contributed by atoms with Crippen molar-refractivity contribution < 1.29 is 33.2 Å². The normalized spacial score (nSPS) is 33.7. The topological polar surface area (TPSA) is 84.5 Å². The second-order valence-corrected chi connectivity index (χ2v) is 11.3. The summed E-state index contributed by atoms with van der Waals surface area (Å²) in [4.78, 5) is 13.6. The molecule has 204 valence electrons. The number of hydrogen-bond acceptors (Lipinski definition) is 7. The van der Waals surface area contributed by atoms with E-state index in [4.69, 9.17) is 28.4 Å². The van der Waals surface area contributed by atoms with Crippen LogP contribution in [0.5, 0.6) is 5.75 Å². The summed E-state index contributed by atoms with van der Waals surface area (Å²) in [5.74, 6) is -0.753. The van der Waals surface area contributed by atoms with Gasteiger partial charge in [0.2, 0.25) is 0 Å². The van der Waals surface area contributed by atoms with Gasteiger partial charge in [0.15, 0.2) is 24.0 Å². The summed E-state index contributed by atoms with van der Waals surface area (Å²) in [5, 5.41) is 3.02. The molecule has 3 saturated heterocycles. The number of hydrogen-bond donors (Lipinski definition) is 1. The maximum absolute atomic E-state index is 13.6. The van der Waals surface area contributed by atoms with Gasteiger partial charge in [-0.1, -0.05) is 32.6 Å². The zero-order valence-electron chi connectivity index (χ0n) is 22.0. The number of nitrogens with one attached hydrogen (secondary N) is 1. The molecule has 0 bridgehead atoms. The van der Waals surface area contributed by atoms with Gasteiger partial charge in [0.1, 0.15) is 24.1 Å². The van der Waals surface area contributed by atoms with E-state index in [1.165, 1.54) is 12.8 Å². The Kier molecular flexibility index (Phi) is 7.47. The van der Waals surface area contributed by atoms with Gasteiger partial charge in [-0.25, -0.2) is 0 Å². The Morgan fingerprint density at radius 2 is 1.46 bits per heavy atom. The van der Waals surface area contributed by atoms with Crippen LogP contribution in [-0.2, 0) is 28.5 Å². The highest BCUT2D eigenvalue weighted by molar-refractivity contribution is 5.94. The predicted octanol–water partition coefficient (Wildman–Crippen LogP) is 5.44. The SMILES string of the molecule is CCCCCOc1ccc(NC(=O)[C@@H]2O[C@H]3OC4(CCCCC4)O[C@H]3[C@@H]3OC4(CCCCC4)O[C@@H]32)cc1. The quantitative estimate of drug-likeness (QED) is 0.484. The highest BCUT2D eigenvalue weighted by atomic mass is 16.9. The minimum Gasteiger partial charge on any atom is -0.494 e. The number of anilines is 1. The van der Waals surface area contributed by atoms with Gasteiger partial charge in [-0.15, -0.1) is 0 Å². The molecular formula is C29H41NO7. The summed E-state index contributed by atoms with van der Waals surface area (Å²) < 4.78 is 38.3. The van der Waals surface area contributed by atoms with Crippen molar-refractivity contribution in [3.8, 4) is 5.75 Å². The third-order valence-corrected chi connectivity index (χ3v) is 8.51. The van der Waals surface area contributed by atoms with Crippen molar-refractivity contribution in [1.29, 1.82) is 0 Å². The highest BCUT2D eigenvalue weighted by Gasteiger charge is 2.65. The molecular weight excluding hydrogens is 474 g/mol. The van der Waals surface area contributed by atoms with Gasteiger partial charge in [-0.3, -0.25) is 4.79 Å². The van der Waals surface area contributed by atoms with Crippen molar-refractivity contribution in [1.82, 2.24) is 0 Å². The molecule has 5 atom stereocenters. The first kappa shape index (κ1) is 25.6. The van der Waals surface area contributed by atoms with Gasteiger partial charge in [0.05, 0.1) is 6.61 Å². The van der Waals surface area contributed by atoms with Crippen LogP contribution in [0.2, 0.25) is 0 Å². The molecule has 1 N–H and O–H groups in total. The van der Waals surface area contributed by atoms with E-state index in [2.05, 4.69) is 12.2 Å². The number of ether oxygens (including phenoxy) is 6. The minimum absolute atomic E-state index is 0.255. The summed E-state index contributed by atoms with van der Waals surface area (Å²) >= 11 is 0. The molecule has 0 unspecified atom stereocenters. The Labute approximate surface area is 219 Å². The number of carbonyl (C=O) groups excluding carboxylic acids is 1. The summed E-state index contributed by atoms with van der Waals surface area (Å²) in [6.07, 6.45) is 10.5. The number of benzene rings is 1. The molecule has 8 nitrogen and oxygen atoms in total. The van der Waals surface area contributed by atoms with Crippen LogP contribution < -0.4 is 10.1 Å². The molecule has 5 fully saturated rings. The van der Waals surface area contributed by atoms with Gasteiger partial charge < -0.3 is 33.7 Å². The van der Waals surface area contributed by atoms with E-state index < -0.39 is 42.3 Å². The molecule has 2 spiro atoms.